The van der Waals surface area contributed by atoms with Crippen molar-refractivity contribution < 1.29 is 14.6 Å². The summed E-state index contributed by atoms with van der Waals surface area (Å²) in [7, 11) is 0. The lowest BCUT2D eigenvalue weighted by atomic mass is 9.88. The molecule has 1 aromatic rings. The molecule has 0 amide bonds. The molecule has 98 valence electrons. The van der Waals surface area contributed by atoms with Crippen molar-refractivity contribution in [1.29, 1.82) is 0 Å². The van der Waals surface area contributed by atoms with Gasteiger partial charge >= 0.3 is 5.97 Å². The van der Waals surface area contributed by atoms with Crippen molar-refractivity contribution >= 4 is 17.6 Å². The van der Waals surface area contributed by atoms with Gasteiger partial charge in [-0.25, -0.2) is 4.79 Å². The summed E-state index contributed by atoms with van der Waals surface area (Å²) in [5.41, 5.74) is 0.178. The van der Waals surface area contributed by atoms with E-state index in [4.69, 9.17) is 21.4 Å². The molecule has 1 N–H and O–H groups in total. The van der Waals surface area contributed by atoms with Crippen LogP contribution in [0.4, 0.5) is 0 Å². The number of rotatable bonds is 3. The number of benzene rings is 1. The molecule has 0 saturated heterocycles. The third-order valence-corrected chi connectivity index (χ3v) is 3.72. The zero-order chi connectivity index (χ0) is 13.1. The fourth-order valence-corrected chi connectivity index (χ4v) is 2.55. The predicted octanol–water partition coefficient (Wildman–Crippen LogP) is 4.00. The van der Waals surface area contributed by atoms with Gasteiger partial charge in [0.25, 0.3) is 0 Å². The Balaban J connectivity index is 2.21. The Kier molecular flexibility index (Phi) is 4.12. The molecule has 0 bridgehead atoms. The zero-order valence-electron chi connectivity index (χ0n) is 10.4. The third-order valence-electron chi connectivity index (χ3n) is 3.49. The molecular weight excluding hydrogens is 252 g/mol. The lowest BCUT2D eigenvalue weighted by Crippen LogP contribution is -2.28. The first-order valence-electron chi connectivity index (χ1n) is 6.27. The average molecular weight is 269 g/mol. The summed E-state index contributed by atoms with van der Waals surface area (Å²) in [6, 6.07) is 4.65. The molecule has 4 heteroatoms. The van der Waals surface area contributed by atoms with E-state index in [2.05, 4.69) is 6.92 Å². The van der Waals surface area contributed by atoms with E-state index < -0.39 is 5.97 Å². The second kappa shape index (κ2) is 5.61. The van der Waals surface area contributed by atoms with Gasteiger partial charge < -0.3 is 9.84 Å². The van der Waals surface area contributed by atoms with Crippen molar-refractivity contribution in [3.8, 4) is 5.75 Å². The summed E-state index contributed by atoms with van der Waals surface area (Å²) in [6.45, 7) is 2.15. The Bertz CT molecular complexity index is 445. The summed E-state index contributed by atoms with van der Waals surface area (Å²) in [5, 5.41) is 9.63. The van der Waals surface area contributed by atoms with Gasteiger partial charge in [0.15, 0.2) is 0 Å². The number of ether oxygens (including phenoxy) is 1. The average Bonchev–Trinajstić information content (AvgIpc) is 2.32. The molecule has 0 radical (unpaired) electrons. The minimum Gasteiger partial charge on any atom is -0.489 e. The van der Waals surface area contributed by atoms with Crippen LogP contribution >= 0.6 is 11.6 Å². The number of halogens is 1. The van der Waals surface area contributed by atoms with Crippen molar-refractivity contribution in [2.75, 3.05) is 0 Å². The summed E-state index contributed by atoms with van der Waals surface area (Å²) >= 11 is 5.90. The van der Waals surface area contributed by atoms with Crippen LogP contribution in [0.3, 0.4) is 0 Å². The molecule has 2 atom stereocenters. The van der Waals surface area contributed by atoms with Gasteiger partial charge in [0.1, 0.15) is 17.4 Å². The number of carboxylic acids is 1. The molecule has 0 spiro atoms. The molecule has 1 aromatic carbocycles. The maximum Gasteiger partial charge on any atom is 0.339 e. The molecular formula is C14H17ClO3. The standard InChI is InChI=1S/C14H17ClO3/c1-9-4-2-3-5-12(9)18-13-8-10(15)6-7-11(13)14(16)17/h6-9,12H,2-5H2,1H3,(H,16,17). The van der Waals surface area contributed by atoms with Gasteiger partial charge in [0.2, 0.25) is 0 Å². The number of carboxylic acid groups (broad SMARTS) is 1. The van der Waals surface area contributed by atoms with Crippen LogP contribution in [-0.2, 0) is 0 Å². The van der Waals surface area contributed by atoms with Crippen molar-refractivity contribution in [2.45, 2.75) is 38.7 Å². The molecule has 0 aliphatic heterocycles. The van der Waals surface area contributed by atoms with Crippen LogP contribution in [0.25, 0.3) is 0 Å². The lowest BCUT2D eigenvalue weighted by Gasteiger charge is -2.29. The highest BCUT2D eigenvalue weighted by Crippen LogP contribution is 2.31. The van der Waals surface area contributed by atoms with Crippen LogP contribution in [0.1, 0.15) is 43.0 Å². The summed E-state index contributed by atoms with van der Waals surface area (Å²) in [6.07, 6.45) is 4.57. The van der Waals surface area contributed by atoms with Crippen molar-refractivity contribution in [3.63, 3.8) is 0 Å². The Hall–Kier alpha value is -1.22. The topological polar surface area (TPSA) is 46.5 Å². The predicted molar refractivity (Wildman–Crippen MR) is 70.5 cm³/mol. The van der Waals surface area contributed by atoms with Gasteiger partial charge in [-0.2, -0.15) is 0 Å². The number of carbonyl (C=O) groups is 1. The molecule has 1 fully saturated rings. The van der Waals surface area contributed by atoms with Gasteiger partial charge in [-0.3, -0.25) is 0 Å². The molecule has 1 saturated carbocycles. The Labute approximate surface area is 112 Å². The Morgan fingerprint density at radius 2 is 2.11 bits per heavy atom. The van der Waals surface area contributed by atoms with E-state index in [1.54, 1.807) is 12.1 Å². The van der Waals surface area contributed by atoms with Crippen LogP contribution in [0.15, 0.2) is 18.2 Å². The minimum atomic E-state index is -0.981. The second-order valence-corrected chi connectivity index (χ2v) is 5.30. The first kappa shape index (κ1) is 13.2. The number of hydrogen-bond acceptors (Lipinski definition) is 2. The molecule has 1 aliphatic carbocycles. The fourth-order valence-electron chi connectivity index (χ4n) is 2.39. The maximum absolute atomic E-state index is 11.1. The van der Waals surface area contributed by atoms with Crippen molar-refractivity contribution in [2.24, 2.45) is 5.92 Å². The lowest BCUT2D eigenvalue weighted by molar-refractivity contribution is 0.0673. The first-order chi connectivity index (χ1) is 8.58. The maximum atomic E-state index is 11.1. The summed E-state index contributed by atoms with van der Waals surface area (Å²) < 4.78 is 5.88. The van der Waals surface area contributed by atoms with Crippen LogP contribution in [0.2, 0.25) is 5.02 Å². The monoisotopic (exact) mass is 268 g/mol. The molecule has 0 aromatic heterocycles. The molecule has 3 nitrogen and oxygen atoms in total. The number of hydrogen-bond donors (Lipinski definition) is 1. The normalized spacial score (nSPS) is 23.7. The van der Waals surface area contributed by atoms with E-state index >= 15 is 0 Å². The van der Waals surface area contributed by atoms with Gasteiger partial charge in [-0.1, -0.05) is 24.9 Å². The second-order valence-electron chi connectivity index (χ2n) is 4.86. The fraction of sp³-hybridized carbons (Fsp3) is 0.500. The highest BCUT2D eigenvalue weighted by Gasteiger charge is 2.24. The molecule has 1 aliphatic rings. The smallest absolute Gasteiger partial charge is 0.339 e. The summed E-state index contributed by atoms with van der Waals surface area (Å²) in [5.74, 6) is -0.141. The minimum absolute atomic E-state index is 0.0929. The highest BCUT2D eigenvalue weighted by atomic mass is 35.5. The van der Waals surface area contributed by atoms with Crippen molar-refractivity contribution in [1.82, 2.24) is 0 Å². The van der Waals surface area contributed by atoms with E-state index in [0.29, 0.717) is 16.7 Å². The van der Waals surface area contributed by atoms with Crippen LogP contribution in [0.5, 0.6) is 5.75 Å². The third kappa shape index (κ3) is 2.96. The highest BCUT2D eigenvalue weighted by molar-refractivity contribution is 6.30. The van der Waals surface area contributed by atoms with Crippen LogP contribution < -0.4 is 4.74 Å². The Morgan fingerprint density at radius 3 is 2.78 bits per heavy atom. The van der Waals surface area contributed by atoms with Crippen molar-refractivity contribution in [3.05, 3.63) is 28.8 Å². The van der Waals surface area contributed by atoms with E-state index in [9.17, 15) is 4.79 Å². The molecule has 0 heterocycles. The Morgan fingerprint density at radius 1 is 1.39 bits per heavy atom. The van der Waals surface area contributed by atoms with E-state index in [-0.39, 0.29) is 11.7 Å². The largest absolute Gasteiger partial charge is 0.489 e. The quantitative estimate of drug-likeness (QED) is 0.901. The van der Waals surface area contributed by atoms with Crippen LogP contribution in [-0.4, -0.2) is 17.2 Å². The SMILES string of the molecule is CC1CCCCC1Oc1cc(Cl)ccc1C(=O)O. The first-order valence-corrected chi connectivity index (χ1v) is 6.65. The van der Waals surface area contributed by atoms with E-state index in [1.807, 2.05) is 0 Å². The van der Waals surface area contributed by atoms with Gasteiger partial charge in [0, 0.05) is 5.02 Å². The van der Waals surface area contributed by atoms with Gasteiger partial charge in [0.05, 0.1) is 0 Å². The molecule has 2 unspecified atom stereocenters. The van der Waals surface area contributed by atoms with Crippen LogP contribution in [0, 0.1) is 5.92 Å². The zero-order valence-corrected chi connectivity index (χ0v) is 11.1. The molecule has 2 rings (SSSR count). The van der Waals surface area contributed by atoms with E-state index in [1.165, 1.54) is 12.5 Å². The molecule has 18 heavy (non-hydrogen) atoms. The summed E-state index contributed by atoms with van der Waals surface area (Å²) in [4.78, 5) is 11.1. The van der Waals surface area contributed by atoms with Gasteiger partial charge in [-0.15, -0.1) is 0 Å². The number of aromatic carboxylic acids is 1. The van der Waals surface area contributed by atoms with Gasteiger partial charge in [-0.05, 0) is 43.4 Å². The van der Waals surface area contributed by atoms with E-state index in [0.717, 1.165) is 19.3 Å².